The molecule has 0 radical (unpaired) electrons. The number of carbonyl (C=O) groups excluding carboxylic acids is 1. The molecule has 1 saturated heterocycles. The molecule has 0 spiro atoms. The second-order valence-corrected chi connectivity index (χ2v) is 4.75. The third-order valence-electron chi connectivity index (χ3n) is 3.00. The lowest BCUT2D eigenvalue weighted by Crippen LogP contribution is -2.21. The fraction of sp³-hybridized carbons (Fsp3) is 0.353. The Bertz CT molecular complexity index is 465. The third kappa shape index (κ3) is 5.41. The zero-order valence-corrected chi connectivity index (χ0v) is 12.6. The minimum absolute atomic E-state index is 0.0447. The van der Waals surface area contributed by atoms with Crippen LogP contribution in [0, 0.1) is 0 Å². The molecule has 0 aliphatic carbocycles. The molecule has 108 valence electrons. The highest BCUT2D eigenvalue weighted by Gasteiger charge is 2.19. The highest BCUT2D eigenvalue weighted by Crippen LogP contribution is 2.14. The summed E-state index contributed by atoms with van der Waals surface area (Å²) in [6.07, 6.45) is 13.8. The summed E-state index contributed by atoms with van der Waals surface area (Å²) in [4.78, 5) is 13.6. The lowest BCUT2D eigenvalue weighted by Gasteiger charge is -2.16. The Hall–Kier alpha value is -1.87. The third-order valence-corrected chi connectivity index (χ3v) is 3.00. The maximum Gasteiger partial charge on any atom is 0.254 e. The Morgan fingerprint density at radius 1 is 1.35 bits per heavy atom. The molecule has 1 N–H and O–H groups in total. The van der Waals surface area contributed by atoms with Crippen molar-refractivity contribution in [1.82, 2.24) is 10.2 Å². The molecule has 1 aliphatic heterocycles. The first-order valence-electron chi connectivity index (χ1n) is 6.94. The molecule has 1 atom stereocenters. The molecular formula is C17H24N2O. The van der Waals surface area contributed by atoms with Crippen molar-refractivity contribution in [3.8, 4) is 0 Å². The van der Waals surface area contributed by atoms with Crippen molar-refractivity contribution in [1.29, 1.82) is 0 Å². The Labute approximate surface area is 122 Å². The normalized spacial score (nSPS) is 19.6. The monoisotopic (exact) mass is 272 g/mol. The average Bonchev–Trinajstić information content (AvgIpc) is 3.24. The van der Waals surface area contributed by atoms with Crippen LogP contribution >= 0.6 is 0 Å². The molecule has 1 fully saturated rings. The largest absolute Gasteiger partial charge is 0.311 e. The van der Waals surface area contributed by atoms with Crippen molar-refractivity contribution in [2.75, 3.05) is 6.54 Å². The molecule has 0 bridgehead atoms. The van der Waals surface area contributed by atoms with Gasteiger partial charge in [-0.1, -0.05) is 30.9 Å². The van der Waals surface area contributed by atoms with Gasteiger partial charge < -0.3 is 5.32 Å². The number of nitrogens with one attached hydrogen (secondary N) is 1. The Morgan fingerprint density at radius 2 is 2.05 bits per heavy atom. The first-order valence-corrected chi connectivity index (χ1v) is 6.94. The minimum atomic E-state index is -0.0447. The zero-order chi connectivity index (χ0) is 15.0. The summed E-state index contributed by atoms with van der Waals surface area (Å²) >= 11 is 0. The number of allylic oxidation sites excluding steroid dienone is 6. The van der Waals surface area contributed by atoms with Crippen LogP contribution in [-0.2, 0) is 4.79 Å². The van der Waals surface area contributed by atoms with E-state index in [1.807, 2.05) is 45.1 Å². The van der Waals surface area contributed by atoms with E-state index in [4.69, 9.17) is 0 Å². The Morgan fingerprint density at radius 3 is 2.55 bits per heavy atom. The van der Waals surface area contributed by atoms with E-state index >= 15 is 0 Å². The molecule has 0 aromatic heterocycles. The van der Waals surface area contributed by atoms with Gasteiger partial charge in [0.1, 0.15) is 0 Å². The van der Waals surface area contributed by atoms with Crippen LogP contribution in [0.25, 0.3) is 0 Å². The quantitative estimate of drug-likeness (QED) is 0.439. The lowest BCUT2D eigenvalue weighted by atomic mass is 10.1. The van der Waals surface area contributed by atoms with Gasteiger partial charge >= 0.3 is 0 Å². The van der Waals surface area contributed by atoms with Crippen LogP contribution in [0.3, 0.4) is 0 Å². The highest BCUT2D eigenvalue weighted by atomic mass is 16.2. The summed E-state index contributed by atoms with van der Waals surface area (Å²) in [6.45, 7) is 10.6. The SMILES string of the molecule is C=C/C(=C\C=C(/C)N(/C=C\C)C(=O)/C=C\C)CC1CN1. The predicted molar refractivity (Wildman–Crippen MR) is 84.9 cm³/mol. The second kappa shape index (κ2) is 8.33. The standard InChI is InChI=1S/C17H24N2O/c1-5-8-17(20)19(11-6-2)14(4)9-10-15(7-3)12-16-13-18-16/h5-11,16,18H,3,12-13H2,1-2,4H3/b8-5-,11-6-,14-9+,15-10+. The van der Waals surface area contributed by atoms with Crippen molar-refractivity contribution in [2.24, 2.45) is 0 Å². The summed E-state index contributed by atoms with van der Waals surface area (Å²) in [5.41, 5.74) is 2.06. The van der Waals surface area contributed by atoms with Crippen LogP contribution in [0.4, 0.5) is 0 Å². The molecule has 0 aromatic carbocycles. The fourth-order valence-corrected chi connectivity index (χ4v) is 1.78. The summed E-state index contributed by atoms with van der Waals surface area (Å²) in [7, 11) is 0. The van der Waals surface area contributed by atoms with Gasteiger partial charge in [0.05, 0.1) is 0 Å². The Kier molecular flexibility index (Phi) is 6.74. The molecule has 0 saturated carbocycles. The van der Waals surface area contributed by atoms with E-state index < -0.39 is 0 Å². The highest BCUT2D eigenvalue weighted by molar-refractivity contribution is 5.89. The number of hydrogen-bond acceptors (Lipinski definition) is 2. The number of rotatable bonds is 7. The van der Waals surface area contributed by atoms with Gasteiger partial charge in [-0.25, -0.2) is 0 Å². The van der Waals surface area contributed by atoms with Crippen LogP contribution in [0.5, 0.6) is 0 Å². The molecule has 1 unspecified atom stereocenters. The second-order valence-electron chi connectivity index (χ2n) is 4.75. The minimum Gasteiger partial charge on any atom is -0.311 e. The molecule has 0 aromatic rings. The van der Waals surface area contributed by atoms with Crippen molar-refractivity contribution in [3.63, 3.8) is 0 Å². The topological polar surface area (TPSA) is 42.2 Å². The Balaban J connectivity index is 2.83. The van der Waals surface area contributed by atoms with Crippen LogP contribution in [0.1, 0.15) is 27.2 Å². The molecule has 3 nitrogen and oxygen atoms in total. The van der Waals surface area contributed by atoms with E-state index in [1.165, 1.54) is 5.57 Å². The van der Waals surface area contributed by atoms with Crippen LogP contribution < -0.4 is 5.32 Å². The molecule has 3 heteroatoms. The number of amides is 1. The van der Waals surface area contributed by atoms with E-state index in [2.05, 4.69) is 11.9 Å². The van der Waals surface area contributed by atoms with Gasteiger partial charge in [-0.15, -0.1) is 0 Å². The smallest absolute Gasteiger partial charge is 0.254 e. The van der Waals surface area contributed by atoms with E-state index in [0.717, 1.165) is 18.7 Å². The van der Waals surface area contributed by atoms with E-state index in [0.29, 0.717) is 6.04 Å². The molecule has 1 rings (SSSR count). The van der Waals surface area contributed by atoms with Gasteiger partial charge in [0.25, 0.3) is 5.91 Å². The number of carbonyl (C=O) groups is 1. The number of hydrogen-bond donors (Lipinski definition) is 1. The van der Waals surface area contributed by atoms with Crippen LogP contribution in [0.15, 0.2) is 60.5 Å². The van der Waals surface area contributed by atoms with Crippen LogP contribution in [0.2, 0.25) is 0 Å². The maximum atomic E-state index is 12.0. The summed E-state index contributed by atoms with van der Waals surface area (Å²) < 4.78 is 0. The van der Waals surface area contributed by atoms with Crippen molar-refractivity contribution < 1.29 is 4.79 Å². The molecular weight excluding hydrogens is 248 g/mol. The van der Waals surface area contributed by atoms with Gasteiger partial charge in [-0.2, -0.15) is 0 Å². The first-order chi connectivity index (χ1) is 9.62. The first kappa shape index (κ1) is 16.2. The molecule has 20 heavy (non-hydrogen) atoms. The van der Waals surface area contributed by atoms with Gasteiger partial charge in [-0.3, -0.25) is 9.69 Å². The van der Waals surface area contributed by atoms with E-state index in [1.54, 1.807) is 23.3 Å². The summed E-state index contributed by atoms with van der Waals surface area (Å²) in [6, 6.07) is 0.587. The van der Waals surface area contributed by atoms with Crippen molar-refractivity contribution in [2.45, 2.75) is 33.2 Å². The molecule has 1 amide bonds. The number of nitrogens with zero attached hydrogens (tertiary/aromatic N) is 1. The van der Waals surface area contributed by atoms with Gasteiger partial charge in [-0.05, 0) is 44.9 Å². The summed E-state index contributed by atoms with van der Waals surface area (Å²) in [5, 5.41) is 3.27. The van der Waals surface area contributed by atoms with E-state index in [9.17, 15) is 4.79 Å². The van der Waals surface area contributed by atoms with Crippen molar-refractivity contribution in [3.05, 3.63) is 60.5 Å². The van der Waals surface area contributed by atoms with Gasteiger partial charge in [0.2, 0.25) is 0 Å². The predicted octanol–water partition coefficient (Wildman–Crippen LogP) is 3.30. The maximum absolute atomic E-state index is 12.0. The molecule has 1 aliphatic rings. The molecule has 1 heterocycles. The van der Waals surface area contributed by atoms with Crippen molar-refractivity contribution >= 4 is 5.91 Å². The lowest BCUT2D eigenvalue weighted by molar-refractivity contribution is -0.122. The van der Waals surface area contributed by atoms with Gasteiger partial charge in [0, 0.05) is 24.5 Å². The van der Waals surface area contributed by atoms with E-state index in [-0.39, 0.29) is 5.91 Å². The van der Waals surface area contributed by atoms with Crippen LogP contribution in [-0.4, -0.2) is 23.4 Å². The summed E-state index contributed by atoms with van der Waals surface area (Å²) in [5.74, 6) is -0.0447. The fourth-order valence-electron chi connectivity index (χ4n) is 1.78. The van der Waals surface area contributed by atoms with Gasteiger partial charge in [0.15, 0.2) is 0 Å². The zero-order valence-electron chi connectivity index (χ0n) is 12.6. The average molecular weight is 272 g/mol.